The van der Waals surface area contributed by atoms with Crippen LogP contribution in [0.3, 0.4) is 0 Å². The van der Waals surface area contributed by atoms with Gasteiger partial charge in [-0.15, -0.1) is 0 Å². The molecule has 0 saturated carbocycles. The van der Waals surface area contributed by atoms with Crippen molar-refractivity contribution < 1.29 is 93.1 Å². The number of carboxylic acid groups (broad SMARTS) is 2. The molecule has 0 saturated heterocycles. The van der Waals surface area contributed by atoms with Crippen molar-refractivity contribution in [1.82, 2.24) is 4.90 Å². The molecule has 0 aliphatic heterocycles. The quantitative estimate of drug-likeness (QED) is 0.0991. The van der Waals surface area contributed by atoms with Gasteiger partial charge in [0.2, 0.25) is 5.91 Å². The second-order valence-corrected chi connectivity index (χ2v) is 12.4. The van der Waals surface area contributed by atoms with Gasteiger partial charge in [0, 0.05) is 23.0 Å². The van der Waals surface area contributed by atoms with Crippen molar-refractivity contribution in [2.45, 2.75) is 45.1 Å². The van der Waals surface area contributed by atoms with Crippen molar-refractivity contribution in [3.8, 4) is 11.5 Å². The van der Waals surface area contributed by atoms with E-state index in [0.29, 0.717) is 11.5 Å². The van der Waals surface area contributed by atoms with Crippen LogP contribution >= 0.6 is 0 Å². The van der Waals surface area contributed by atoms with Gasteiger partial charge in [-0.25, -0.2) is 9.59 Å². The summed E-state index contributed by atoms with van der Waals surface area (Å²) in [4.78, 5) is 59.7. The van der Waals surface area contributed by atoms with E-state index in [9.17, 15) is 49.7 Å². The van der Waals surface area contributed by atoms with Gasteiger partial charge in [-0.05, 0) is 55.7 Å². The number of carbonyl (C=O) groups is 5. The van der Waals surface area contributed by atoms with E-state index in [1.54, 1.807) is 48.5 Å². The number of amides is 1. The summed E-state index contributed by atoms with van der Waals surface area (Å²) < 4.78 is 41.1. The number of ether oxygens (including phenoxy) is 4. The Labute approximate surface area is 319 Å². The van der Waals surface area contributed by atoms with Crippen molar-refractivity contribution in [3.63, 3.8) is 0 Å². The number of carbonyl (C=O) groups excluding carboxylic acids is 3. The van der Waals surface area contributed by atoms with E-state index in [1.165, 1.54) is 13.8 Å². The molecule has 3 unspecified atom stereocenters. The van der Waals surface area contributed by atoms with Crippen LogP contribution in [0.4, 0.5) is 5.25 Å². The van der Waals surface area contributed by atoms with Gasteiger partial charge in [0.15, 0.2) is 0 Å². The first-order valence-corrected chi connectivity index (χ1v) is 17.9. The summed E-state index contributed by atoms with van der Waals surface area (Å²) in [5.74, 6) is -4.15. The molecule has 2 aromatic rings. The maximum absolute atomic E-state index is 13.1. The molecule has 0 heterocycles. The number of carboxylic acids is 2. The Hall–Kier alpha value is -4.47. The molecule has 0 aromatic heterocycles. The molecule has 4 N–H and O–H groups in total. The van der Waals surface area contributed by atoms with Crippen LogP contribution in [0.2, 0.25) is 0 Å². The van der Waals surface area contributed by atoms with Crippen LogP contribution in [0.25, 0.3) is 0 Å². The monoisotopic (exact) mass is 827 g/mol. The topological polar surface area (TPSA) is 206 Å². The predicted octanol–water partition coefficient (Wildman–Crippen LogP) is 3.57. The third kappa shape index (κ3) is 17.3. The minimum absolute atomic E-state index is 0.0561. The molecule has 0 fully saturated rings. The van der Waals surface area contributed by atoms with E-state index in [4.69, 9.17) is 18.9 Å². The zero-order valence-electron chi connectivity index (χ0n) is 29.7. The van der Waals surface area contributed by atoms with Crippen LogP contribution in [0.15, 0.2) is 72.8 Å². The van der Waals surface area contributed by atoms with Crippen LogP contribution in [0.5, 0.6) is 11.5 Å². The van der Waals surface area contributed by atoms with Gasteiger partial charge in [-0.3, -0.25) is 14.4 Å². The van der Waals surface area contributed by atoms with E-state index in [2.05, 4.69) is 13.2 Å². The Kier molecular flexibility index (Phi) is 21.1. The first kappa shape index (κ1) is 46.6. The summed E-state index contributed by atoms with van der Waals surface area (Å²) in [7, 11) is 0. The summed E-state index contributed by atoms with van der Waals surface area (Å²) >= 11 is -2.77. The molecule has 17 heteroatoms. The Morgan fingerprint density at radius 1 is 0.774 bits per heavy atom. The molecule has 0 radical (unpaired) electrons. The molecule has 2 rings (SSSR count). The number of benzene rings is 2. The number of halogens is 2. The number of nitrogens with zero attached hydrogens (tertiary/aromatic N) is 1. The van der Waals surface area contributed by atoms with Gasteiger partial charge >= 0.3 is 53.6 Å². The molecule has 14 nitrogen and oxygen atoms in total. The summed E-state index contributed by atoms with van der Waals surface area (Å²) in [5, 5.41) is 38.2. The van der Waals surface area contributed by atoms with Gasteiger partial charge in [-0.2, -0.15) is 0 Å². The number of hydrogen-bond donors (Lipinski definition) is 4. The number of aliphatic hydroxyl groups excluding tert-OH is 2. The molecule has 1 amide bonds. The standard InChI is InChI=1S/C36H45NO13.2FH.Zr/c1-23(2)34(45)49-20-25(18-38)19-47-29-10-6-26(7-11-29)36(5,15-14-31(40)37(16-32(41)42)17-33(43)44)27-8-12-30(13-9-27)48-21-28(39)22-50-35(46)24(3)4;;;/h6-13,25,28,38-39H,1,3,14-22H2,2,4-5H3,(H,41,42)(H,43,44);2*1H;/q;;;+2/p-2. The van der Waals surface area contributed by atoms with Crippen LogP contribution in [0.1, 0.15) is 44.7 Å². The van der Waals surface area contributed by atoms with E-state index in [0.717, 1.165) is 16.0 Å². The second kappa shape index (κ2) is 24.0. The number of rotatable bonds is 22. The zero-order valence-corrected chi connectivity index (χ0v) is 32.2. The molecule has 290 valence electrons. The van der Waals surface area contributed by atoms with E-state index in [-0.39, 0.29) is 57.0 Å². The van der Waals surface area contributed by atoms with Crippen molar-refractivity contribution >= 4 is 29.8 Å². The van der Waals surface area contributed by atoms with E-state index in [1.807, 2.05) is 6.92 Å². The summed E-state index contributed by atoms with van der Waals surface area (Å²) in [5.41, 5.74) is 1.07. The average molecular weight is 829 g/mol. The van der Waals surface area contributed by atoms with Crippen molar-refractivity contribution in [1.29, 1.82) is 0 Å². The van der Waals surface area contributed by atoms with E-state index < -0.39 is 84.8 Å². The fraction of sp³-hybridized carbons (Fsp3) is 0.417. The Bertz CT molecular complexity index is 1520. The van der Waals surface area contributed by atoms with Crippen molar-refractivity contribution in [2.75, 3.05) is 46.1 Å². The third-order valence-electron chi connectivity index (χ3n) is 7.57. The minimum atomic E-state index is -2.77. The molecule has 53 heavy (non-hydrogen) atoms. The third-order valence-corrected chi connectivity index (χ3v) is 7.57. The predicted molar refractivity (Wildman–Crippen MR) is 182 cm³/mol. The number of aliphatic carboxylic acids is 2. The van der Waals surface area contributed by atoms with Crippen molar-refractivity contribution in [2.24, 2.45) is 5.92 Å². The number of hydrogen-bond acceptors (Lipinski definition) is 11. The fourth-order valence-electron chi connectivity index (χ4n) is 4.59. The van der Waals surface area contributed by atoms with Crippen LogP contribution in [0, 0.1) is 5.92 Å². The Morgan fingerprint density at radius 2 is 1.19 bits per heavy atom. The van der Waals surface area contributed by atoms with Gasteiger partial charge in [0.1, 0.15) is 43.9 Å². The van der Waals surface area contributed by atoms with Crippen LogP contribution in [-0.4, -0.2) is 107 Å². The maximum atomic E-state index is 13.1. The van der Waals surface area contributed by atoms with Crippen LogP contribution < -0.4 is 9.47 Å². The summed E-state index contributed by atoms with van der Waals surface area (Å²) in [6.07, 6.45) is -1.10. The molecule has 0 aliphatic rings. The molecular weight excluding hydrogens is 784 g/mol. The molecule has 0 bridgehead atoms. The average Bonchev–Trinajstić information content (AvgIpc) is 3.11. The summed E-state index contributed by atoms with van der Waals surface area (Å²) in [6.45, 7) is 9.63. The van der Waals surface area contributed by atoms with Gasteiger partial charge in [-0.1, -0.05) is 44.3 Å². The SMILES string of the molecule is C=C(C)C(=O)OCC(O)COc1ccc(C(C)(CCC(=O)N(CC(=O)O)CC(=O)O)c2ccc(OCC(CO)COC(=O)C(=C)C)cc2)cc1.[F][Zr][F]. The first-order chi connectivity index (χ1) is 25.0. The first-order valence-electron chi connectivity index (χ1n) is 16.1. The van der Waals surface area contributed by atoms with Crippen molar-refractivity contribution in [3.05, 3.63) is 84.0 Å². The fourth-order valence-corrected chi connectivity index (χ4v) is 4.59. The second-order valence-electron chi connectivity index (χ2n) is 12.1. The Morgan fingerprint density at radius 3 is 1.58 bits per heavy atom. The number of aliphatic hydroxyl groups is 2. The molecular formula is C36H45F2NO13Zr. The Balaban J connectivity index is 0.00000452. The molecule has 2 aromatic carbocycles. The number of esters is 2. The van der Waals surface area contributed by atoms with Gasteiger partial charge in [0.25, 0.3) is 0 Å². The normalized spacial score (nSPS) is 12.7. The van der Waals surface area contributed by atoms with E-state index >= 15 is 0 Å². The molecule has 0 spiro atoms. The van der Waals surface area contributed by atoms with Gasteiger partial charge in [0.05, 0.1) is 25.7 Å². The molecule has 3 atom stereocenters. The van der Waals surface area contributed by atoms with Gasteiger partial charge < -0.3 is 44.3 Å². The molecule has 0 aliphatic carbocycles. The summed E-state index contributed by atoms with van der Waals surface area (Å²) in [6, 6.07) is 13.8. The van der Waals surface area contributed by atoms with Crippen LogP contribution in [-0.2, 0) is 63.3 Å². The zero-order chi connectivity index (χ0) is 40.1.